The highest BCUT2D eigenvalue weighted by atomic mass is 32.1. The average Bonchev–Trinajstić information content (AvgIpc) is 1.84. The van der Waals surface area contributed by atoms with Crippen LogP contribution in [0.1, 0.15) is 0 Å². The largest absolute Gasteiger partial charge is 0.480 e. The Morgan fingerprint density at radius 1 is 1.25 bits per heavy atom. The van der Waals surface area contributed by atoms with E-state index in [0.717, 1.165) is 0 Å². The summed E-state index contributed by atoms with van der Waals surface area (Å²) in [5.74, 6) is -1.16. The molecule has 0 heterocycles. The lowest BCUT2D eigenvalue weighted by atomic mass is 10.3. The third-order valence-corrected chi connectivity index (χ3v) is 1.47. The van der Waals surface area contributed by atoms with Crippen LogP contribution in [0.25, 0.3) is 0 Å². The van der Waals surface area contributed by atoms with E-state index in [1.165, 1.54) is 0 Å². The minimum atomic E-state index is -1.26. The fraction of sp³-hybridized carbons (Fsp3) is 0.400. The lowest BCUT2D eigenvalue weighted by Crippen LogP contribution is -2.41. The quantitative estimate of drug-likeness (QED) is 0.343. The fourth-order valence-electron chi connectivity index (χ4n) is 0.470. The van der Waals surface area contributed by atoms with Gasteiger partial charge in [-0.2, -0.15) is 0 Å². The van der Waals surface area contributed by atoms with E-state index in [4.69, 9.17) is 5.11 Å². The third-order valence-electron chi connectivity index (χ3n) is 0.951. The van der Waals surface area contributed by atoms with Crippen molar-refractivity contribution in [1.29, 1.82) is 0 Å². The molecule has 0 amide bonds. The van der Waals surface area contributed by atoms with Crippen LogP contribution >= 0.6 is 25.3 Å². The first-order chi connectivity index (χ1) is 5.45. The smallest absolute Gasteiger partial charge is 0.317 e. The number of thiol groups is 2. The molecule has 0 rings (SSSR count). The van der Waals surface area contributed by atoms with Crippen molar-refractivity contribution < 1.29 is 19.5 Å². The predicted octanol–water partition coefficient (Wildman–Crippen LogP) is -1.06. The van der Waals surface area contributed by atoms with E-state index >= 15 is 0 Å². The molecule has 0 aromatic rings. The molecule has 7 heteroatoms. The first-order valence-electron chi connectivity index (χ1n) is 2.86. The second-order valence-electron chi connectivity index (χ2n) is 1.88. The Hall–Kier alpha value is -0.530. The van der Waals surface area contributed by atoms with Gasteiger partial charge in [-0.25, -0.2) is 0 Å². The van der Waals surface area contributed by atoms with E-state index in [9.17, 15) is 14.4 Å². The first-order valence-corrected chi connectivity index (χ1v) is 3.75. The number of carboxylic acid groups (broad SMARTS) is 1. The van der Waals surface area contributed by atoms with E-state index in [1.54, 1.807) is 0 Å². The zero-order valence-electron chi connectivity index (χ0n) is 5.85. The van der Waals surface area contributed by atoms with Gasteiger partial charge in [-0.15, -0.1) is 25.3 Å². The van der Waals surface area contributed by atoms with E-state index in [2.05, 4.69) is 30.6 Å². The highest BCUT2D eigenvalue weighted by Gasteiger charge is 2.20. The van der Waals surface area contributed by atoms with Crippen molar-refractivity contribution in [3.8, 4) is 0 Å². The second kappa shape index (κ2) is 5.18. The van der Waals surface area contributed by atoms with Gasteiger partial charge in [0.2, 0.25) is 10.2 Å². The predicted molar refractivity (Wildman–Crippen MR) is 47.4 cm³/mol. The highest BCUT2D eigenvalue weighted by Crippen LogP contribution is 1.95. The van der Waals surface area contributed by atoms with Crippen molar-refractivity contribution >= 4 is 41.5 Å². The normalized spacial score (nSPS) is 9.92. The van der Waals surface area contributed by atoms with Crippen LogP contribution in [-0.2, 0) is 14.4 Å². The summed E-state index contributed by atoms with van der Waals surface area (Å²) >= 11 is 6.74. The Morgan fingerprint density at radius 2 is 1.67 bits per heavy atom. The van der Waals surface area contributed by atoms with Crippen molar-refractivity contribution in [2.45, 2.75) is 6.04 Å². The van der Waals surface area contributed by atoms with E-state index in [-0.39, 0.29) is 0 Å². The van der Waals surface area contributed by atoms with Gasteiger partial charge < -0.3 is 5.11 Å². The lowest BCUT2D eigenvalue weighted by Gasteiger charge is -2.08. The molecule has 5 nitrogen and oxygen atoms in total. The van der Waals surface area contributed by atoms with Gasteiger partial charge in [0, 0.05) is 0 Å². The van der Waals surface area contributed by atoms with Gasteiger partial charge in [0.05, 0.1) is 6.54 Å². The number of carboxylic acids is 1. The number of rotatable bonds is 5. The Kier molecular flexibility index (Phi) is 4.95. The molecule has 0 unspecified atom stereocenters. The monoisotopic (exact) mass is 209 g/mol. The summed E-state index contributed by atoms with van der Waals surface area (Å²) in [6, 6.07) is -1.26. The molecule has 0 spiro atoms. The molecule has 0 saturated heterocycles. The molecule has 0 aliphatic heterocycles. The molecule has 0 radical (unpaired) electrons. The summed E-state index contributed by atoms with van der Waals surface area (Å²) in [7, 11) is 0. The van der Waals surface area contributed by atoms with Crippen LogP contribution in [0, 0.1) is 0 Å². The summed E-state index contributed by atoms with van der Waals surface area (Å²) in [5, 5.41) is 8.85. The molecule has 0 aliphatic carbocycles. The molecule has 68 valence electrons. The molecule has 0 saturated carbocycles. The minimum absolute atomic E-state index is 0.483. The molecule has 0 atom stereocenters. The van der Waals surface area contributed by atoms with Crippen molar-refractivity contribution in [2.75, 3.05) is 6.54 Å². The Balaban J connectivity index is 4.06. The van der Waals surface area contributed by atoms with Gasteiger partial charge >= 0.3 is 5.97 Å². The Bertz CT molecular complexity index is 203. The second-order valence-corrected chi connectivity index (χ2v) is 2.77. The van der Waals surface area contributed by atoms with Gasteiger partial charge in [0.15, 0.2) is 0 Å². The van der Waals surface area contributed by atoms with Gasteiger partial charge in [0.25, 0.3) is 0 Å². The number of hydrogen-bond acceptors (Lipinski definition) is 4. The molecule has 0 fully saturated rings. The minimum Gasteiger partial charge on any atom is -0.480 e. The molecular weight excluding hydrogens is 202 g/mol. The van der Waals surface area contributed by atoms with Crippen LogP contribution in [0.4, 0.5) is 0 Å². The molecule has 12 heavy (non-hydrogen) atoms. The lowest BCUT2D eigenvalue weighted by molar-refractivity contribution is -0.136. The molecule has 0 aliphatic rings. The summed E-state index contributed by atoms with van der Waals surface area (Å²) < 4.78 is 0. The van der Waals surface area contributed by atoms with Crippen LogP contribution in [0.15, 0.2) is 0 Å². The first kappa shape index (κ1) is 11.5. The zero-order valence-corrected chi connectivity index (χ0v) is 7.64. The van der Waals surface area contributed by atoms with Gasteiger partial charge in [-0.3, -0.25) is 19.7 Å². The molecule has 0 aromatic carbocycles. The Morgan fingerprint density at radius 3 is 1.92 bits per heavy atom. The van der Waals surface area contributed by atoms with Gasteiger partial charge in [0.1, 0.15) is 6.04 Å². The number of nitrogens with one attached hydrogen (secondary N) is 1. The standard InChI is InChI=1S/C5H7NO4S2/c7-2(8)1-6-3(4(9)11)5(10)12/h3,6H,1H2,(H,7,8)(H,9,11)(H,10,12). The van der Waals surface area contributed by atoms with E-state index in [1.807, 2.05) is 0 Å². The van der Waals surface area contributed by atoms with Crippen LogP contribution in [0.2, 0.25) is 0 Å². The van der Waals surface area contributed by atoms with Crippen LogP contribution in [-0.4, -0.2) is 33.9 Å². The molecule has 0 bridgehead atoms. The number of aliphatic carboxylic acids is 1. The summed E-state index contributed by atoms with van der Waals surface area (Å²) in [6.07, 6.45) is 0. The molecular formula is C5H7NO4S2. The Labute approximate surface area is 79.3 Å². The van der Waals surface area contributed by atoms with Gasteiger partial charge in [-0.1, -0.05) is 0 Å². The molecule has 0 aromatic heterocycles. The zero-order chi connectivity index (χ0) is 9.72. The van der Waals surface area contributed by atoms with Gasteiger partial charge in [-0.05, 0) is 0 Å². The maximum Gasteiger partial charge on any atom is 0.317 e. The number of carbonyl (C=O) groups excluding carboxylic acids is 2. The van der Waals surface area contributed by atoms with Crippen molar-refractivity contribution in [3.05, 3.63) is 0 Å². The van der Waals surface area contributed by atoms with Crippen LogP contribution < -0.4 is 5.32 Å². The van der Waals surface area contributed by atoms with Crippen LogP contribution in [0.5, 0.6) is 0 Å². The summed E-state index contributed by atoms with van der Waals surface area (Å²) in [4.78, 5) is 31.1. The topological polar surface area (TPSA) is 83.5 Å². The van der Waals surface area contributed by atoms with Crippen molar-refractivity contribution in [1.82, 2.24) is 5.32 Å². The molecule has 2 N–H and O–H groups in total. The third kappa shape index (κ3) is 4.37. The highest BCUT2D eigenvalue weighted by molar-refractivity contribution is 7.99. The maximum absolute atomic E-state index is 10.5. The number of hydrogen-bond donors (Lipinski definition) is 4. The fourth-order valence-corrected chi connectivity index (χ4v) is 0.989. The summed E-state index contributed by atoms with van der Waals surface area (Å²) in [5.41, 5.74) is 0. The van der Waals surface area contributed by atoms with Crippen LogP contribution in [0.3, 0.4) is 0 Å². The van der Waals surface area contributed by atoms with Crippen molar-refractivity contribution in [2.24, 2.45) is 0 Å². The van der Waals surface area contributed by atoms with E-state index in [0.29, 0.717) is 0 Å². The summed E-state index contributed by atoms with van der Waals surface area (Å²) in [6.45, 7) is -0.483. The number of carbonyl (C=O) groups is 3. The average molecular weight is 209 g/mol. The van der Waals surface area contributed by atoms with E-state index < -0.39 is 28.8 Å². The van der Waals surface area contributed by atoms with Crippen molar-refractivity contribution in [3.63, 3.8) is 0 Å². The SMILES string of the molecule is O=C(O)CNC(C(=O)S)C(=O)S. The maximum atomic E-state index is 10.5.